The van der Waals surface area contributed by atoms with Crippen molar-refractivity contribution < 1.29 is 12.8 Å². The highest BCUT2D eigenvalue weighted by atomic mass is 32.2. The first-order valence-corrected chi connectivity index (χ1v) is 25.1. The van der Waals surface area contributed by atoms with E-state index < -0.39 is 9.84 Å². The average molecular weight is 898 g/mol. The molecule has 1 aromatic heterocycles. The molecular formula is C63H47NO3S. The van der Waals surface area contributed by atoms with E-state index in [0.29, 0.717) is 9.79 Å². The Kier molecular flexibility index (Phi) is 7.67. The van der Waals surface area contributed by atoms with Crippen molar-refractivity contribution in [3.63, 3.8) is 0 Å². The first-order chi connectivity index (χ1) is 32.8. The van der Waals surface area contributed by atoms with Crippen LogP contribution in [0.2, 0.25) is 0 Å². The van der Waals surface area contributed by atoms with Gasteiger partial charge in [-0.15, -0.1) is 0 Å². The summed E-state index contributed by atoms with van der Waals surface area (Å²) in [6.45, 7) is 14.0. The summed E-state index contributed by atoms with van der Waals surface area (Å²) in [5.74, 6) is 0. The molecule has 2 heterocycles. The van der Waals surface area contributed by atoms with E-state index in [1.165, 1.54) is 61.0 Å². The molecule has 0 fully saturated rings. The van der Waals surface area contributed by atoms with Gasteiger partial charge >= 0.3 is 0 Å². The fraction of sp³-hybridized carbons (Fsp3) is 0.143. The molecule has 68 heavy (non-hydrogen) atoms. The fourth-order valence-corrected chi connectivity index (χ4v) is 14.4. The molecule has 0 bridgehead atoms. The molecule has 0 radical (unpaired) electrons. The second-order valence-corrected chi connectivity index (χ2v) is 22.7. The minimum atomic E-state index is -3.62. The molecule has 1 aliphatic heterocycles. The summed E-state index contributed by atoms with van der Waals surface area (Å²) in [6, 6.07) is 62.5. The summed E-state index contributed by atoms with van der Waals surface area (Å²) in [7, 11) is -3.62. The third kappa shape index (κ3) is 4.96. The minimum Gasteiger partial charge on any atom is -0.455 e. The lowest BCUT2D eigenvalue weighted by atomic mass is 9.79. The molecule has 4 aliphatic rings. The van der Waals surface area contributed by atoms with Crippen LogP contribution in [-0.2, 0) is 26.1 Å². The molecule has 0 saturated carbocycles. The molecule has 10 aromatic rings. The van der Waals surface area contributed by atoms with Gasteiger partial charge in [0.25, 0.3) is 0 Å². The van der Waals surface area contributed by atoms with E-state index >= 15 is 0 Å². The number of nitrogens with zero attached hydrogens (tertiary/aromatic N) is 1. The number of hydrogen-bond donors (Lipinski definition) is 0. The topological polar surface area (TPSA) is 50.5 Å². The van der Waals surface area contributed by atoms with Gasteiger partial charge in [0.1, 0.15) is 11.2 Å². The molecule has 0 atom stereocenters. The molecule has 0 saturated heterocycles. The van der Waals surface area contributed by atoms with Crippen molar-refractivity contribution in [1.29, 1.82) is 0 Å². The average Bonchev–Trinajstić information content (AvgIpc) is 4.05. The second-order valence-electron chi connectivity index (χ2n) is 20.8. The van der Waals surface area contributed by atoms with Crippen LogP contribution in [0.1, 0.15) is 74.9 Å². The highest BCUT2D eigenvalue weighted by Gasteiger charge is 2.46. The lowest BCUT2D eigenvalue weighted by Crippen LogP contribution is -2.18. The van der Waals surface area contributed by atoms with Crippen LogP contribution in [0.4, 0.5) is 17.1 Å². The van der Waals surface area contributed by atoms with Gasteiger partial charge in [-0.05, 0) is 145 Å². The van der Waals surface area contributed by atoms with Crippen LogP contribution < -0.4 is 4.90 Å². The molecule has 5 heteroatoms. The predicted molar refractivity (Wildman–Crippen MR) is 277 cm³/mol. The minimum absolute atomic E-state index is 0.306. The van der Waals surface area contributed by atoms with Gasteiger partial charge < -0.3 is 9.32 Å². The number of furan rings is 1. The van der Waals surface area contributed by atoms with Gasteiger partial charge in [-0.25, -0.2) is 8.42 Å². The van der Waals surface area contributed by atoms with Crippen molar-refractivity contribution in [3.05, 3.63) is 209 Å². The highest BCUT2D eigenvalue weighted by molar-refractivity contribution is 7.92. The summed E-state index contributed by atoms with van der Waals surface area (Å²) < 4.78 is 34.7. The molecule has 14 rings (SSSR count). The SMILES string of the molecule is CC1(C)c2cc(N(c3ccccc3)c3ccc4c(c3)C(C)(C)c3cc(-c5ccccc5)c5oc6ccccc6c5c3-4)ccc2-c2cc3c(cc21)-c1c(ccc2c1-c1ccccc1S2(=O)=O)C3(C)C. The third-order valence-electron chi connectivity index (χ3n) is 16.2. The van der Waals surface area contributed by atoms with E-state index in [1.54, 1.807) is 6.07 Å². The Balaban J connectivity index is 0.922. The number of anilines is 3. The Bertz CT molecular complexity index is 4010. The van der Waals surface area contributed by atoms with Crippen molar-refractivity contribution in [2.45, 2.75) is 67.6 Å². The van der Waals surface area contributed by atoms with Crippen molar-refractivity contribution >= 4 is 48.8 Å². The van der Waals surface area contributed by atoms with Crippen LogP contribution in [0, 0.1) is 0 Å². The van der Waals surface area contributed by atoms with Gasteiger partial charge in [0, 0.05) is 60.8 Å². The molecule has 0 spiro atoms. The number of benzene rings is 9. The largest absolute Gasteiger partial charge is 0.455 e. The van der Waals surface area contributed by atoms with Gasteiger partial charge in [-0.1, -0.05) is 145 Å². The Morgan fingerprint density at radius 1 is 0.397 bits per heavy atom. The Morgan fingerprint density at radius 3 is 1.74 bits per heavy atom. The maximum absolute atomic E-state index is 14.0. The maximum atomic E-state index is 14.0. The van der Waals surface area contributed by atoms with Crippen molar-refractivity contribution in [2.24, 2.45) is 0 Å². The number of rotatable bonds is 4. The molecule has 4 nitrogen and oxygen atoms in total. The van der Waals surface area contributed by atoms with Gasteiger partial charge in [-0.2, -0.15) is 0 Å². The van der Waals surface area contributed by atoms with E-state index in [4.69, 9.17) is 4.42 Å². The molecular weight excluding hydrogens is 851 g/mol. The predicted octanol–water partition coefficient (Wildman–Crippen LogP) is 16.5. The number of fused-ring (bicyclic) bond motifs is 17. The zero-order valence-corrected chi connectivity index (χ0v) is 39.6. The zero-order valence-electron chi connectivity index (χ0n) is 38.8. The molecule has 0 unspecified atom stereocenters. The van der Waals surface area contributed by atoms with Crippen LogP contribution in [0.25, 0.3) is 77.6 Å². The smallest absolute Gasteiger partial charge is 0.207 e. The van der Waals surface area contributed by atoms with E-state index in [2.05, 4.69) is 192 Å². The fourth-order valence-electron chi connectivity index (χ4n) is 12.8. The van der Waals surface area contributed by atoms with Gasteiger partial charge in [0.15, 0.2) is 0 Å². The lowest BCUT2D eigenvalue weighted by Gasteiger charge is -2.29. The number of hydrogen-bond acceptors (Lipinski definition) is 4. The molecule has 9 aromatic carbocycles. The Hall–Kier alpha value is -7.47. The normalized spacial score (nSPS) is 16.4. The second kappa shape index (κ2) is 13.2. The third-order valence-corrected chi connectivity index (χ3v) is 18.1. The zero-order chi connectivity index (χ0) is 46.2. The van der Waals surface area contributed by atoms with E-state index in [9.17, 15) is 8.42 Å². The lowest BCUT2D eigenvalue weighted by molar-refractivity contribution is 0.598. The maximum Gasteiger partial charge on any atom is 0.207 e. The molecule has 328 valence electrons. The van der Waals surface area contributed by atoms with Crippen molar-refractivity contribution in [1.82, 2.24) is 0 Å². The van der Waals surface area contributed by atoms with Crippen LogP contribution in [0.5, 0.6) is 0 Å². The van der Waals surface area contributed by atoms with Crippen LogP contribution in [0.15, 0.2) is 190 Å². The van der Waals surface area contributed by atoms with Crippen molar-refractivity contribution in [2.75, 3.05) is 4.90 Å². The van der Waals surface area contributed by atoms with E-state index in [-0.39, 0.29) is 16.2 Å². The number of sulfone groups is 1. The quantitative estimate of drug-likeness (QED) is 0.177. The van der Waals surface area contributed by atoms with Gasteiger partial charge in [0.05, 0.1) is 9.79 Å². The Labute approximate surface area is 397 Å². The summed E-state index contributed by atoms with van der Waals surface area (Å²) in [4.78, 5) is 3.22. The highest BCUT2D eigenvalue weighted by Crippen LogP contribution is 2.61. The Morgan fingerprint density at radius 2 is 0.971 bits per heavy atom. The standard InChI is InChI=1S/C63H47NO3S/c1-61(2)47-29-30-55-58(43-22-14-16-24-54(43)68(55,65)66)57(47)46-35-50-45(34-51(46)61)40-27-25-38(31-48(40)62(50,3)4)64(37-19-11-8-12-20-37)39-26-28-41-49(32-39)63(5,6)52-33-44(36-17-9-7-10-18-36)60-59(56(41)52)42-21-13-15-23-53(42)67-60/h7-35H,1-6H3. The summed E-state index contributed by atoms with van der Waals surface area (Å²) in [5.41, 5.74) is 22.8. The van der Waals surface area contributed by atoms with Gasteiger partial charge in [-0.3, -0.25) is 0 Å². The van der Waals surface area contributed by atoms with Crippen LogP contribution >= 0.6 is 0 Å². The van der Waals surface area contributed by atoms with E-state index in [1.807, 2.05) is 24.3 Å². The summed E-state index contributed by atoms with van der Waals surface area (Å²) in [6.07, 6.45) is 0. The first kappa shape index (κ1) is 39.7. The number of para-hydroxylation sites is 2. The van der Waals surface area contributed by atoms with Crippen LogP contribution in [0.3, 0.4) is 0 Å². The van der Waals surface area contributed by atoms with E-state index in [0.717, 1.165) is 67.0 Å². The van der Waals surface area contributed by atoms with Crippen LogP contribution in [-0.4, -0.2) is 8.42 Å². The summed E-state index contributed by atoms with van der Waals surface area (Å²) in [5, 5.41) is 2.31. The molecule has 0 amide bonds. The molecule has 3 aliphatic carbocycles. The monoisotopic (exact) mass is 897 g/mol. The molecule has 0 N–H and O–H groups in total. The summed E-state index contributed by atoms with van der Waals surface area (Å²) >= 11 is 0. The van der Waals surface area contributed by atoms with Gasteiger partial charge in [0.2, 0.25) is 9.84 Å². The first-order valence-electron chi connectivity index (χ1n) is 23.7. The van der Waals surface area contributed by atoms with Crippen molar-refractivity contribution in [3.8, 4) is 55.6 Å².